The third-order valence-electron chi connectivity index (χ3n) is 3.63. The first-order chi connectivity index (χ1) is 13.3. The van der Waals surface area contributed by atoms with Crippen molar-refractivity contribution in [3.05, 3.63) is 68.8 Å². The molecule has 0 radical (unpaired) electrons. The number of hydrogen-bond donors (Lipinski definition) is 2. The summed E-state index contributed by atoms with van der Waals surface area (Å²) in [5, 5.41) is 2.90. The van der Waals surface area contributed by atoms with Gasteiger partial charge >= 0.3 is 0 Å². The Morgan fingerprint density at radius 3 is 2.46 bits per heavy atom. The summed E-state index contributed by atoms with van der Waals surface area (Å²) in [6.07, 6.45) is 0. The molecule has 0 aliphatic heterocycles. The highest BCUT2D eigenvalue weighted by molar-refractivity contribution is 7.92. The van der Waals surface area contributed by atoms with Crippen molar-refractivity contribution in [1.29, 1.82) is 0 Å². The molecule has 0 unspecified atom stereocenters. The highest BCUT2D eigenvalue weighted by Crippen LogP contribution is 2.31. The molecule has 0 aliphatic carbocycles. The molecule has 2 N–H and O–H groups in total. The van der Waals surface area contributed by atoms with E-state index in [1.165, 1.54) is 19.2 Å². The first kappa shape index (κ1) is 20.5. The number of para-hydroxylation sites is 1. The lowest BCUT2D eigenvalue weighted by molar-refractivity contribution is 0.103. The highest BCUT2D eigenvalue weighted by Gasteiger charge is 2.22. The van der Waals surface area contributed by atoms with E-state index >= 15 is 0 Å². The molecular formula is C18H14Cl2N2O4S2. The predicted octanol–water partition coefficient (Wildman–Crippen LogP) is 5.12. The summed E-state index contributed by atoms with van der Waals surface area (Å²) < 4.78 is 33.8. The predicted molar refractivity (Wildman–Crippen MR) is 113 cm³/mol. The van der Waals surface area contributed by atoms with Gasteiger partial charge in [-0.25, -0.2) is 8.42 Å². The topological polar surface area (TPSA) is 84.5 Å². The molecule has 1 heterocycles. The second-order valence-electron chi connectivity index (χ2n) is 5.51. The number of halogens is 2. The lowest BCUT2D eigenvalue weighted by Crippen LogP contribution is -2.16. The highest BCUT2D eigenvalue weighted by atomic mass is 35.5. The number of thiophene rings is 1. The number of anilines is 2. The second kappa shape index (κ2) is 8.40. The van der Waals surface area contributed by atoms with Crippen molar-refractivity contribution in [1.82, 2.24) is 0 Å². The molecule has 0 aliphatic rings. The van der Waals surface area contributed by atoms with Crippen LogP contribution in [0.1, 0.15) is 9.67 Å². The van der Waals surface area contributed by atoms with E-state index in [-0.39, 0.29) is 27.0 Å². The van der Waals surface area contributed by atoms with Crippen LogP contribution >= 0.6 is 34.5 Å². The van der Waals surface area contributed by atoms with Crippen molar-refractivity contribution in [2.24, 2.45) is 0 Å². The Morgan fingerprint density at radius 2 is 1.82 bits per heavy atom. The van der Waals surface area contributed by atoms with Crippen molar-refractivity contribution < 1.29 is 17.9 Å². The van der Waals surface area contributed by atoms with Crippen LogP contribution in [0.3, 0.4) is 0 Å². The van der Waals surface area contributed by atoms with Gasteiger partial charge < -0.3 is 10.1 Å². The molecular weight excluding hydrogens is 443 g/mol. The summed E-state index contributed by atoms with van der Waals surface area (Å²) in [6, 6.07) is 14.0. The maximum atomic E-state index is 12.9. The zero-order chi connectivity index (χ0) is 20.3. The van der Waals surface area contributed by atoms with E-state index in [1.807, 2.05) is 0 Å². The maximum absolute atomic E-state index is 12.9. The van der Waals surface area contributed by atoms with Gasteiger partial charge in [-0.3, -0.25) is 9.52 Å². The maximum Gasteiger partial charge on any atom is 0.265 e. The van der Waals surface area contributed by atoms with Crippen LogP contribution in [0, 0.1) is 0 Å². The van der Waals surface area contributed by atoms with Crippen LogP contribution in [0.4, 0.5) is 11.4 Å². The summed E-state index contributed by atoms with van der Waals surface area (Å²) in [5.41, 5.74) is 0.517. The summed E-state index contributed by atoms with van der Waals surface area (Å²) in [5.74, 6) is -0.277. The van der Waals surface area contributed by atoms with Crippen molar-refractivity contribution in [3.8, 4) is 5.75 Å². The third kappa shape index (κ3) is 4.59. The fraction of sp³-hybridized carbons (Fsp3) is 0.0556. The number of ether oxygens (including phenoxy) is 1. The number of amides is 1. The van der Waals surface area contributed by atoms with Gasteiger partial charge in [0.1, 0.15) is 10.6 Å². The molecule has 0 atom stereocenters. The monoisotopic (exact) mass is 456 g/mol. The quantitative estimate of drug-likeness (QED) is 0.539. The van der Waals surface area contributed by atoms with Gasteiger partial charge in [0.05, 0.1) is 27.0 Å². The second-order valence-corrected chi connectivity index (χ2v) is 9.28. The minimum atomic E-state index is -4.03. The number of nitrogens with one attached hydrogen (secondary N) is 2. The minimum Gasteiger partial charge on any atom is -0.495 e. The van der Waals surface area contributed by atoms with Crippen LogP contribution in [0.15, 0.2) is 59.5 Å². The first-order valence-electron chi connectivity index (χ1n) is 7.82. The van der Waals surface area contributed by atoms with Gasteiger partial charge in [0.15, 0.2) is 0 Å². The number of carbonyl (C=O) groups is 1. The average Bonchev–Trinajstić information content (AvgIpc) is 3.10. The van der Waals surface area contributed by atoms with Gasteiger partial charge in [-0.1, -0.05) is 35.3 Å². The molecule has 10 heteroatoms. The van der Waals surface area contributed by atoms with E-state index in [0.29, 0.717) is 9.21 Å². The van der Waals surface area contributed by atoms with Crippen LogP contribution in [0.5, 0.6) is 5.75 Å². The van der Waals surface area contributed by atoms with E-state index in [2.05, 4.69) is 10.0 Å². The molecule has 2 aromatic carbocycles. The number of sulfonamides is 1. The Bertz CT molecular complexity index is 1130. The van der Waals surface area contributed by atoms with Gasteiger partial charge in [-0.05, 0) is 42.5 Å². The van der Waals surface area contributed by atoms with Crippen molar-refractivity contribution in [2.75, 3.05) is 17.1 Å². The number of benzene rings is 2. The SMILES string of the molecule is COc1ccc(NC(=O)c2ccc(Cl)s2)cc1S(=O)(=O)Nc1ccccc1Cl. The number of hydrogen-bond acceptors (Lipinski definition) is 5. The Kier molecular flexibility index (Phi) is 6.14. The average molecular weight is 457 g/mol. The van der Waals surface area contributed by atoms with Gasteiger partial charge in [0.25, 0.3) is 15.9 Å². The number of methoxy groups -OCH3 is 1. The van der Waals surface area contributed by atoms with Crippen LogP contribution in [0.25, 0.3) is 0 Å². The van der Waals surface area contributed by atoms with Gasteiger partial charge in [0, 0.05) is 5.69 Å². The van der Waals surface area contributed by atoms with E-state index in [9.17, 15) is 13.2 Å². The third-order valence-corrected chi connectivity index (χ3v) is 6.57. The lowest BCUT2D eigenvalue weighted by atomic mass is 10.3. The smallest absolute Gasteiger partial charge is 0.265 e. The lowest BCUT2D eigenvalue weighted by Gasteiger charge is -2.14. The zero-order valence-electron chi connectivity index (χ0n) is 14.4. The molecule has 28 heavy (non-hydrogen) atoms. The minimum absolute atomic E-state index is 0.122. The van der Waals surface area contributed by atoms with Crippen LogP contribution in [-0.2, 0) is 10.0 Å². The summed E-state index contributed by atoms with van der Waals surface area (Å²) in [7, 11) is -2.67. The largest absolute Gasteiger partial charge is 0.495 e. The van der Waals surface area contributed by atoms with Crippen molar-refractivity contribution in [2.45, 2.75) is 4.90 Å². The van der Waals surface area contributed by atoms with Crippen LogP contribution < -0.4 is 14.8 Å². The number of rotatable bonds is 6. The molecule has 3 aromatic rings. The standard InChI is InChI=1S/C18H14Cl2N2O4S2/c1-26-14-7-6-11(21-18(23)15-8-9-17(20)27-15)10-16(14)28(24,25)22-13-5-3-2-4-12(13)19/h2-10,22H,1H3,(H,21,23). The Hall–Kier alpha value is -2.26. The molecule has 1 amide bonds. The van der Waals surface area contributed by atoms with Crippen molar-refractivity contribution in [3.63, 3.8) is 0 Å². The fourth-order valence-corrected chi connectivity index (χ4v) is 4.79. The normalized spacial score (nSPS) is 11.1. The summed E-state index contributed by atoms with van der Waals surface area (Å²) in [6.45, 7) is 0. The van der Waals surface area contributed by atoms with Gasteiger partial charge in [-0.2, -0.15) is 0 Å². The molecule has 146 valence electrons. The molecule has 0 saturated heterocycles. The van der Waals surface area contributed by atoms with E-state index in [0.717, 1.165) is 11.3 Å². The van der Waals surface area contributed by atoms with Gasteiger partial charge in [0.2, 0.25) is 0 Å². The fourth-order valence-electron chi connectivity index (χ4n) is 2.34. The Balaban J connectivity index is 1.92. The first-order valence-corrected chi connectivity index (χ1v) is 10.9. The Labute approximate surface area is 176 Å². The van der Waals surface area contributed by atoms with E-state index in [1.54, 1.807) is 42.5 Å². The number of carbonyl (C=O) groups excluding carboxylic acids is 1. The van der Waals surface area contributed by atoms with Crippen LogP contribution in [-0.4, -0.2) is 21.4 Å². The summed E-state index contributed by atoms with van der Waals surface area (Å²) >= 11 is 13.0. The molecule has 6 nitrogen and oxygen atoms in total. The van der Waals surface area contributed by atoms with E-state index < -0.39 is 15.9 Å². The molecule has 0 fully saturated rings. The molecule has 0 saturated carbocycles. The Morgan fingerprint density at radius 1 is 1.07 bits per heavy atom. The summed E-state index contributed by atoms with van der Waals surface area (Å²) in [4.78, 5) is 12.6. The molecule has 1 aromatic heterocycles. The zero-order valence-corrected chi connectivity index (χ0v) is 17.5. The van der Waals surface area contributed by atoms with Crippen LogP contribution in [0.2, 0.25) is 9.36 Å². The van der Waals surface area contributed by atoms with Crippen molar-refractivity contribution >= 4 is 61.8 Å². The molecule has 3 rings (SSSR count). The van der Waals surface area contributed by atoms with E-state index in [4.69, 9.17) is 27.9 Å². The molecule has 0 bridgehead atoms. The molecule has 0 spiro atoms. The van der Waals surface area contributed by atoms with Gasteiger partial charge in [-0.15, -0.1) is 11.3 Å².